The van der Waals surface area contributed by atoms with Gasteiger partial charge in [-0.15, -0.1) is 0 Å². The number of hydrogen-bond acceptors (Lipinski definition) is 6. The van der Waals surface area contributed by atoms with Gasteiger partial charge in [0.05, 0.1) is 5.02 Å². The predicted molar refractivity (Wildman–Crippen MR) is 117 cm³/mol. The maximum absolute atomic E-state index is 12.8. The normalized spacial score (nSPS) is 10.9. The first-order valence-corrected chi connectivity index (χ1v) is 9.69. The highest BCUT2D eigenvalue weighted by molar-refractivity contribution is 6.32. The molecule has 4 aromatic rings. The third-order valence-corrected chi connectivity index (χ3v) is 4.90. The lowest BCUT2D eigenvalue weighted by atomic mass is 10.1. The van der Waals surface area contributed by atoms with Gasteiger partial charge in [-0.05, 0) is 42.3 Å². The third kappa shape index (κ3) is 4.12. The monoisotopic (exact) mass is 422 g/mol. The van der Waals surface area contributed by atoms with Crippen LogP contribution in [0.5, 0.6) is 11.5 Å². The average molecular weight is 423 g/mol. The number of aliphatic hydroxyl groups excluding tert-OH is 1. The van der Waals surface area contributed by atoms with Gasteiger partial charge in [-0.1, -0.05) is 35.9 Å². The first-order valence-electron chi connectivity index (χ1n) is 9.31. The van der Waals surface area contributed by atoms with Crippen LogP contribution in [0.25, 0.3) is 11.0 Å². The molecule has 8 heteroatoms. The summed E-state index contributed by atoms with van der Waals surface area (Å²) >= 11 is 6.13. The van der Waals surface area contributed by atoms with Crippen LogP contribution < -0.4 is 15.6 Å². The largest absolute Gasteiger partial charge is 0.450 e. The number of fused-ring (bicyclic) bond motifs is 1. The van der Waals surface area contributed by atoms with E-state index in [0.29, 0.717) is 34.2 Å². The Balaban J connectivity index is 1.64. The van der Waals surface area contributed by atoms with Gasteiger partial charge in [-0.2, -0.15) is 4.98 Å². The Bertz CT molecular complexity index is 1260. The standard InChI is InChI=1S/C22H19ClN4O3/c1-27-20-15(12-19(21(27)29)30-18-5-3-2-4-17(18)23)13-24-22(26-20)25-16-8-6-14(7-9-16)10-11-28/h2-9,12-13,28H,10-11H2,1H3,(H,24,25,26). The van der Waals surface area contributed by atoms with Crippen molar-refractivity contribution >= 4 is 34.3 Å². The Kier molecular flexibility index (Phi) is 5.65. The van der Waals surface area contributed by atoms with Gasteiger partial charge in [0.25, 0.3) is 5.56 Å². The molecule has 0 aliphatic heterocycles. The van der Waals surface area contributed by atoms with Gasteiger partial charge < -0.3 is 15.2 Å². The molecule has 0 aliphatic rings. The first kappa shape index (κ1) is 19.9. The van der Waals surface area contributed by atoms with Crippen LogP contribution in [0.15, 0.2) is 65.6 Å². The van der Waals surface area contributed by atoms with E-state index in [1.807, 2.05) is 24.3 Å². The molecule has 0 saturated carbocycles. The molecule has 0 saturated heterocycles. The number of hydrogen-bond donors (Lipinski definition) is 2. The number of ether oxygens (including phenoxy) is 1. The molecule has 2 heterocycles. The maximum atomic E-state index is 12.8. The second kappa shape index (κ2) is 8.52. The number of halogens is 1. The van der Waals surface area contributed by atoms with Crippen molar-refractivity contribution in [3.63, 3.8) is 0 Å². The first-order chi connectivity index (χ1) is 14.5. The Hall–Kier alpha value is -3.42. The van der Waals surface area contributed by atoms with E-state index in [0.717, 1.165) is 11.3 Å². The predicted octanol–water partition coefficient (Wildman–Crippen LogP) is 4.05. The fourth-order valence-corrected chi connectivity index (χ4v) is 3.18. The van der Waals surface area contributed by atoms with Gasteiger partial charge >= 0.3 is 0 Å². The summed E-state index contributed by atoms with van der Waals surface area (Å²) in [5.41, 5.74) is 1.98. The van der Waals surface area contributed by atoms with Gasteiger partial charge in [0, 0.05) is 30.9 Å². The lowest BCUT2D eigenvalue weighted by Crippen LogP contribution is -2.19. The minimum Gasteiger partial charge on any atom is -0.450 e. The number of nitrogens with zero attached hydrogens (tertiary/aromatic N) is 3. The summed E-state index contributed by atoms with van der Waals surface area (Å²) in [6.07, 6.45) is 2.23. The Morgan fingerprint density at radius 1 is 1.13 bits per heavy atom. The number of pyridine rings is 1. The summed E-state index contributed by atoms with van der Waals surface area (Å²) in [7, 11) is 1.63. The van der Waals surface area contributed by atoms with E-state index in [4.69, 9.17) is 21.4 Å². The summed E-state index contributed by atoms with van der Waals surface area (Å²) in [5, 5.41) is 13.2. The molecule has 0 unspecified atom stereocenters. The SMILES string of the molecule is Cn1c(=O)c(Oc2ccccc2Cl)cc2cnc(Nc3ccc(CCO)cc3)nc21. The molecule has 4 rings (SSSR count). The maximum Gasteiger partial charge on any atom is 0.294 e. The summed E-state index contributed by atoms with van der Waals surface area (Å²) in [5.74, 6) is 0.911. The topological polar surface area (TPSA) is 89.3 Å². The molecule has 152 valence electrons. The van der Waals surface area contributed by atoms with E-state index >= 15 is 0 Å². The second-order valence-corrected chi connectivity index (χ2v) is 7.08. The second-order valence-electron chi connectivity index (χ2n) is 6.67. The zero-order chi connectivity index (χ0) is 21.1. The number of aromatic nitrogens is 3. The number of para-hydroxylation sites is 1. The van der Waals surface area contributed by atoms with Crippen molar-refractivity contribution in [2.75, 3.05) is 11.9 Å². The van der Waals surface area contributed by atoms with E-state index in [9.17, 15) is 4.79 Å². The zero-order valence-electron chi connectivity index (χ0n) is 16.2. The van der Waals surface area contributed by atoms with E-state index in [1.165, 1.54) is 4.57 Å². The highest BCUT2D eigenvalue weighted by atomic mass is 35.5. The molecule has 7 nitrogen and oxygen atoms in total. The Morgan fingerprint density at radius 2 is 1.90 bits per heavy atom. The highest BCUT2D eigenvalue weighted by Gasteiger charge is 2.13. The summed E-state index contributed by atoms with van der Waals surface area (Å²) in [6, 6.07) is 16.2. The van der Waals surface area contributed by atoms with Crippen LogP contribution in [0.2, 0.25) is 5.02 Å². The minimum absolute atomic E-state index is 0.108. The van der Waals surface area contributed by atoms with Crippen molar-refractivity contribution in [1.82, 2.24) is 14.5 Å². The van der Waals surface area contributed by atoms with E-state index in [1.54, 1.807) is 43.6 Å². The quantitative estimate of drug-likeness (QED) is 0.487. The summed E-state index contributed by atoms with van der Waals surface area (Å²) in [4.78, 5) is 21.6. The van der Waals surface area contributed by atoms with Crippen LogP contribution in [0.4, 0.5) is 11.6 Å². The van der Waals surface area contributed by atoms with Gasteiger partial charge in [-0.25, -0.2) is 4.98 Å². The molecule has 30 heavy (non-hydrogen) atoms. The van der Waals surface area contributed by atoms with Gasteiger partial charge in [-0.3, -0.25) is 9.36 Å². The van der Waals surface area contributed by atoms with Crippen molar-refractivity contribution in [3.05, 3.63) is 81.7 Å². The van der Waals surface area contributed by atoms with Crippen LogP contribution >= 0.6 is 11.6 Å². The number of aliphatic hydroxyl groups is 1. The van der Waals surface area contributed by atoms with Crippen LogP contribution in [0, 0.1) is 0 Å². The van der Waals surface area contributed by atoms with Crippen LogP contribution in [0.1, 0.15) is 5.56 Å². The molecular weight excluding hydrogens is 404 g/mol. The minimum atomic E-state index is -0.333. The molecule has 2 aromatic carbocycles. The summed E-state index contributed by atoms with van der Waals surface area (Å²) < 4.78 is 7.15. The van der Waals surface area contributed by atoms with Gasteiger partial charge in [0.2, 0.25) is 5.95 Å². The fourth-order valence-electron chi connectivity index (χ4n) is 3.01. The van der Waals surface area contributed by atoms with Crippen molar-refractivity contribution in [1.29, 1.82) is 0 Å². The highest BCUT2D eigenvalue weighted by Crippen LogP contribution is 2.28. The third-order valence-electron chi connectivity index (χ3n) is 4.58. The smallest absolute Gasteiger partial charge is 0.294 e. The fraction of sp³-hybridized carbons (Fsp3) is 0.136. The number of benzene rings is 2. The Labute approximate surface area is 177 Å². The van der Waals surface area contributed by atoms with Crippen molar-refractivity contribution in [2.24, 2.45) is 7.05 Å². The number of aryl methyl sites for hydroxylation is 1. The van der Waals surface area contributed by atoms with E-state index in [2.05, 4.69) is 15.3 Å². The van der Waals surface area contributed by atoms with Gasteiger partial charge in [0.15, 0.2) is 5.75 Å². The molecule has 0 amide bonds. The van der Waals surface area contributed by atoms with Crippen LogP contribution in [0.3, 0.4) is 0 Å². The molecule has 0 radical (unpaired) electrons. The molecular formula is C22H19ClN4O3. The lowest BCUT2D eigenvalue weighted by molar-refractivity contribution is 0.299. The molecule has 0 bridgehead atoms. The van der Waals surface area contributed by atoms with Crippen molar-refractivity contribution < 1.29 is 9.84 Å². The Morgan fingerprint density at radius 3 is 2.63 bits per heavy atom. The molecule has 0 aliphatic carbocycles. The molecule has 0 fully saturated rings. The number of anilines is 2. The van der Waals surface area contributed by atoms with Gasteiger partial charge in [0.1, 0.15) is 11.4 Å². The molecule has 0 atom stereocenters. The number of rotatable bonds is 6. The van der Waals surface area contributed by atoms with Crippen molar-refractivity contribution in [2.45, 2.75) is 6.42 Å². The lowest BCUT2D eigenvalue weighted by Gasteiger charge is -2.11. The average Bonchev–Trinajstić information content (AvgIpc) is 2.75. The molecule has 0 spiro atoms. The zero-order valence-corrected chi connectivity index (χ0v) is 16.9. The van der Waals surface area contributed by atoms with E-state index in [-0.39, 0.29) is 17.9 Å². The van der Waals surface area contributed by atoms with E-state index < -0.39 is 0 Å². The summed E-state index contributed by atoms with van der Waals surface area (Å²) in [6.45, 7) is 0.108. The van der Waals surface area contributed by atoms with Crippen molar-refractivity contribution in [3.8, 4) is 11.5 Å². The molecule has 2 N–H and O–H groups in total. The van der Waals surface area contributed by atoms with Crippen LogP contribution in [-0.2, 0) is 13.5 Å². The van der Waals surface area contributed by atoms with Crippen LogP contribution in [-0.4, -0.2) is 26.2 Å². The molecule has 2 aromatic heterocycles. The number of nitrogens with one attached hydrogen (secondary N) is 1.